The van der Waals surface area contributed by atoms with Gasteiger partial charge in [0, 0.05) is 6.61 Å². The lowest BCUT2D eigenvalue weighted by molar-refractivity contribution is 0.272. The molecule has 1 rings (SSSR count). The van der Waals surface area contributed by atoms with Gasteiger partial charge in [0.25, 0.3) is 0 Å². The van der Waals surface area contributed by atoms with E-state index in [1.807, 2.05) is 0 Å². The number of hydrogen-bond donors (Lipinski definition) is 3. The number of nitrogens with two attached hydrogens (primary N) is 1. The fourth-order valence-corrected chi connectivity index (χ4v) is 3.56. The average Bonchev–Trinajstić information content (AvgIpc) is 2.23. The quantitative estimate of drug-likeness (QED) is 0.578. The van der Waals surface area contributed by atoms with E-state index < -0.39 is 20.3 Å². The monoisotopic (exact) mass is 293 g/mol. The number of hydrogen-bond acceptors (Lipinski definition) is 5. The van der Waals surface area contributed by atoms with Gasteiger partial charge in [0.1, 0.15) is 4.90 Å². The number of aromatic hydroxyl groups is 1. The van der Waals surface area contributed by atoms with Gasteiger partial charge in [-0.25, -0.2) is 8.42 Å². The van der Waals surface area contributed by atoms with Crippen molar-refractivity contribution in [3.8, 4) is 5.75 Å². The number of nitrogen functional groups attached to an aromatic ring is 1. The summed E-state index contributed by atoms with van der Waals surface area (Å²) in [6.07, 6.45) is 0.0277. The van der Waals surface area contributed by atoms with Crippen molar-refractivity contribution in [3.05, 3.63) is 17.2 Å². The lowest BCUT2D eigenvalue weighted by Gasteiger charge is -2.25. The van der Waals surface area contributed by atoms with Crippen molar-refractivity contribution in [2.75, 3.05) is 12.3 Å². The van der Waals surface area contributed by atoms with Gasteiger partial charge in [-0.1, -0.05) is 11.6 Å². The summed E-state index contributed by atoms with van der Waals surface area (Å²) < 4.78 is 23.6. The maximum atomic E-state index is 12.4. The molecule has 1 aromatic carbocycles. The van der Waals surface area contributed by atoms with Crippen molar-refractivity contribution in [2.24, 2.45) is 0 Å². The zero-order chi connectivity index (χ0) is 14.1. The summed E-state index contributed by atoms with van der Waals surface area (Å²) in [5.74, 6) is -0.548. The number of sulfone groups is 1. The van der Waals surface area contributed by atoms with Crippen LogP contribution >= 0.6 is 11.6 Å². The van der Waals surface area contributed by atoms with Crippen LogP contribution < -0.4 is 5.73 Å². The SMILES string of the molecule is CC(C)(CCO)S(=O)(=O)c1c(Cl)ccc(N)c1O. The van der Waals surface area contributed by atoms with Crippen molar-refractivity contribution >= 4 is 27.1 Å². The predicted octanol–water partition coefficient (Wildman–Crippen LogP) is 1.56. The van der Waals surface area contributed by atoms with Gasteiger partial charge in [0.05, 0.1) is 15.5 Å². The van der Waals surface area contributed by atoms with Crippen molar-refractivity contribution in [1.82, 2.24) is 0 Å². The van der Waals surface area contributed by atoms with Crippen molar-refractivity contribution < 1.29 is 18.6 Å². The Hall–Kier alpha value is -0.980. The first-order chi connectivity index (χ1) is 8.15. The van der Waals surface area contributed by atoms with E-state index in [0.717, 1.165) is 0 Å². The normalized spacial score (nSPS) is 12.7. The van der Waals surface area contributed by atoms with Gasteiger partial charge in [-0.05, 0) is 32.4 Å². The highest BCUT2D eigenvalue weighted by atomic mass is 35.5. The topological polar surface area (TPSA) is 101 Å². The Morgan fingerprint density at radius 1 is 1.39 bits per heavy atom. The van der Waals surface area contributed by atoms with Crippen LogP contribution in [0.25, 0.3) is 0 Å². The third-order valence-electron chi connectivity index (χ3n) is 2.82. The Kier molecular flexibility index (Phi) is 4.15. The maximum Gasteiger partial charge on any atom is 0.188 e. The number of phenols is 1. The minimum absolute atomic E-state index is 0.0277. The highest BCUT2D eigenvalue weighted by Crippen LogP contribution is 2.40. The molecule has 0 aromatic heterocycles. The van der Waals surface area contributed by atoms with Crippen LogP contribution in [0.2, 0.25) is 5.02 Å². The smallest absolute Gasteiger partial charge is 0.188 e. The number of aliphatic hydroxyl groups is 1. The van der Waals surface area contributed by atoms with Crippen molar-refractivity contribution in [2.45, 2.75) is 29.9 Å². The van der Waals surface area contributed by atoms with Gasteiger partial charge in [-0.15, -0.1) is 0 Å². The van der Waals surface area contributed by atoms with E-state index >= 15 is 0 Å². The molecule has 7 heteroatoms. The van der Waals surface area contributed by atoms with Crippen LogP contribution in [0.1, 0.15) is 20.3 Å². The summed E-state index contributed by atoms with van der Waals surface area (Å²) in [6, 6.07) is 2.65. The van der Waals surface area contributed by atoms with E-state index in [1.54, 1.807) is 0 Å². The van der Waals surface area contributed by atoms with E-state index in [9.17, 15) is 13.5 Å². The molecule has 0 bridgehead atoms. The number of halogens is 1. The summed E-state index contributed by atoms with van der Waals surface area (Å²) in [5.41, 5.74) is 5.42. The minimum atomic E-state index is -3.91. The maximum absolute atomic E-state index is 12.4. The van der Waals surface area contributed by atoms with Gasteiger partial charge >= 0.3 is 0 Å². The molecule has 4 N–H and O–H groups in total. The van der Waals surface area contributed by atoms with E-state index in [-0.39, 0.29) is 28.6 Å². The molecule has 0 amide bonds. The molecule has 0 radical (unpaired) electrons. The largest absolute Gasteiger partial charge is 0.504 e. The summed E-state index contributed by atoms with van der Waals surface area (Å²) in [6.45, 7) is 2.63. The molecule has 0 fully saturated rings. The molecule has 0 aliphatic carbocycles. The summed E-state index contributed by atoms with van der Waals surface area (Å²) in [7, 11) is -3.91. The van der Waals surface area contributed by atoms with Gasteiger partial charge < -0.3 is 15.9 Å². The third kappa shape index (κ3) is 2.41. The molecule has 0 aliphatic heterocycles. The van der Waals surface area contributed by atoms with Crippen LogP contribution in [0.4, 0.5) is 5.69 Å². The second-order valence-corrected chi connectivity index (χ2v) is 7.48. The predicted molar refractivity (Wildman–Crippen MR) is 70.5 cm³/mol. The van der Waals surface area contributed by atoms with Crippen molar-refractivity contribution in [3.63, 3.8) is 0 Å². The fourth-order valence-electron chi connectivity index (χ4n) is 1.50. The zero-order valence-electron chi connectivity index (χ0n) is 10.1. The molecule has 0 heterocycles. The van der Waals surface area contributed by atoms with Crippen LogP contribution in [-0.2, 0) is 9.84 Å². The average molecular weight is 294 g/mol. The number of rotatable bonds is 4. The van der Waals surface area contributed by atoms with Crippen molar-refractivity contribution in [1.29, 1.82) is 0 Å². The minimum Gasteiger partial charge on any atom is -0.504 e. The summed E-state index contributed by atoms with van der Waals surface area (Å²) in [4.78, 5) is -0.386. The number of phenolic OH excluding ortho intramolecular Hbond substituents is 1. The fraction of sp³-hybridized carbons (Fsp3) is 0.455. The van der Waals surface area contributed by atoms with E-state index in [0.29, 0.717) is 0 Å². The van der Waals surface area contributed by atoms with Crippen LogP contribution in [0.5, 0.6) is 5.75 Å². The van der Waals surface area contributed by atoms with Gasteiger partial charge in [0.2, 0.25) is 0 Å². The highest BCUT2D eigenvalue weighted by Gasteiger charge is 2.39. The second-order valence-electron chi connectivity index (χ2n) is 4.55. The molecule has 0 spiro atoms. The molecule has 0 aliphatic rings. The Bertz CT molecular complexity index is 554. The lowest BCUT2D eigenvalue weighted by atomic mass is 10.1. The molecule has 5 nitrogen and oxygen atoms in total. The van der Waals surface area contributed by atoms with Crippen LogP contribution in [0.15, 0.2) is 17.0 Å². The molecule has 0 saturated carbocycles. The second kappa shape index (κ2) is 4.95. The van der Waals surface area contributed by atoms with Crippen LogP contribution in [0, 0.1) is 0 Å². The van der Waals surface area contributed by atoms with E-state index in [1.165, 1.54) is 26.0 Å². The van der Waals surface area contributed by atoms with Gasteiger partial charge in [-0.2, -0.15) is 0 Å². The Balaban J connectivity index is 3.52. The molecular formula is C11H16ClNO4S. The Morgan fingerprint density at radius 2 is 1.94 bits per heavy atom. The molecular weight excluding hydrogens is 278 g/mol. The number of aliphatic hydroxyl groups excluding tert-OH is 1. The molecule has 0 unspecified atom stereocenters. The van der Waals surface area contributed by atoms with E-state index in [4.69, 9.17) is 22.4 Å². The first-order valence-corrected chi connectivity index (χ1v) is 7.13. The molecule has 1 aromatic rings. The van der Waals surface area contributed by atoms with E-state index in [2.05, 4.69) is 0 Å². The van der Waals surface area contributed by atoms with Crippen LogP contribution in [-0.4, -0.2) is 30.0 Å². The third-order valence-corrected chi connectivity index (χ3v) is 5.86. The number of anilines is 1. The van der Waals surface area contributed by atoms with Gasteiger partial charge in [-0.3, -0.25) is 0 Å². The molecule has 0 saturated heterocycles. The first kappa shape index (κ1) is 15.1. The summed E-state index contributed by atoms with van der Waals surface area (Å²) >= 11 is 5.84. The standard InChI is InChI=1S/C11H16ClNO4S/c1-11(2,5-6-14)18(16,17)10-7(12)3-4-8(13)9(10)15/h3-4,14-15H,5-6,13H2,1-2H3. The van der Waals surface area contributed by atoms with Crippen LogP contribution in [0.3, 0.4) is 0 Å². The summed E-state index contributed by atoms with van der Waals surface area (Å²) in [5, 5.41) is 18.6. The molecule has 18 heavy (non-hydrogen) atoms. The van der Waals surface area contributed by atoms with Gasteiger partial charge in [0.15, 0.2) is 15.6 Å². The first-order valence-electron chi connectivity index (χ1n) is 5.27. The molecule has 0 atom stereocenters. The number of benzene rings is 1. The Labute approximate surface area is 111 Å². The molecule has 102 valence electrons. The Morgan fingerprint density at radius 3 is 2.44 bits per heavy atom. The zero-order valence-corrected chi connectivity index (χ0v) is 11.7. The lowest BCUT2D eigenvalue weighted by Crippen LogP contribution is -2.33. The highest BCUT2D eigenvalue weighted by molar-refractivity contribution is 7.93.